The fourth-order valence-electron chi connectivity index (χ4n) is 2.54. The number of anilines is 1. The van der Waals surface area contributed by atoms with E-state index in [-0.39, 0.29) is 17.3 Å². The van der Waals surface area contributed by atoms with E-state index in [1.165, 1.54) is 6.07 Å². The molecule has 0 radical (unpaired) electrons. The van der Waals surface area contributed by atoms with Crippen molar-refractivity contribution in [2.45, 2.75) is 12.5 Å². The van der Waals surface area contributed by atoms with E-state index in [2.05, 4.69) is 5.32 Å². The summed E-state index contributed by atoms with van der Waals surface area (Å²) in [5.41, 5.74) is 0.898. The van der Waals surface area contributed by atoms with Gasteiger partial charge in [0.1, 0.15) is 17.1 Å². The molecule has 2 N–H and O–H groups in total. The van der Waals surface area contributed by atoms with Crippen LogP contribution in [0.5, 0.6) is 5.75 Å². The van der Waals surface area contributed by atoms with Gasteiger partial charge in [-0.25, -0.2) is 9.18 Å². The van der Waals surface area contributed by atoms with Crippen LogP contribution in [0, 0.1) is 5.82 Å². The highest BCUT2D eigenvalue weighted by molar-refractivity contribution is 5.94. The third kappa shape index (κ3) is 2.54. The highest BCUT2D eigenvalue weighted by atomic mass is 19.1. The maximum Gasteiger partial charge on any atom is 0.340 e. The van der Waals surface area contributed by atoms with Gasteiger partial charge in [0, 0.05) is 12.0 Å². The predicted molar refractivity (Wildman–Crippen MR) is 76.3 cm³/mol. The van der Waals surface area contributed by atoms with Crippen molar-refractivity contribution in [1.29, 1.82) is 0 Å². The Labute approximate surface area is 121 Å². The van der Waals surface area contributed by atoms with Gasteiger partial charge >= 0.3 is 5.97 Å². The number of hydrogen-bond donors (Lipinski definition) is 2. The highest BCUT2D eigenvalue weighted by Crippen LogP contribution is 2.35. The number of benzene rings is 2. The van der Waals surface area contributed by atoms with Gasteiger partial charge in [-0.3, -0.25) is 0 Å². The van der Waals surface area contributed by atoms with Crippen LogP contribution in [0.15, 0.2) is 42.5 Å². The normalized spacial score (nSPS) is 16.7. The first-order valence-electron chi connectivity index (χ1n) is 6.67. The van der Waals surface area contributed by atoms with Crippen molar-refractivity contribution in [2.24, 2.45) is 0 Å². The molecule has 3 rings (SSSR count). The van der Waals surface area contributed by atoms with Gasteiger partial charge in [-0.05, 0) is 18.2 Å². The van der Waals surface area contributed by atoms with Crippen LogP contribution >= 0.6 is 0 Å². The largest absolute Gasteiger partial charge is 0.493 e. The summed E-state index contributed by atoms with van der Waals surface area (Å²) in [5.74, 6) is -1.25. The zero-order chi connectivity index (χ0) is 14.8. The van der Waals surface area contributed by atoms with Gasteiger partial charge in [-0.15, -0.1) is 0 Å². The molecule has 0 bridgehead atoms. The molecule has 0 aromatic heterocycles. The second-order valence-electron chi connectivity index (χ2n) is 4.84. The lowest BCUT2D eigenvalue weighted by molar-refractivity contribution is 0.0693. The van der Waals surface area contributed by atoms with Crippen molar-refractivity contribution in [3.8, 4) is 5.75 Å². The molecule has 108 valence electrons. The van der Waals surface area contributed by atoms with Crippen molar-refractivity contribution < 1.29 is 19.0 Å². The summed E-state index contributed by atoms with van der Waals surface area (Å²) < 4.78 is 19.3. The van der Waals surface area contributed by atoms with Crippen LogP contribution in [0.2, 0.25) is 0 Å². The summed E-state index contributed by atoms with van der Waals surface area (Å²) in [6, 6.07) is 11.7. The summed E-state index contributed by atoms with van der Waals surface area (Å²) in [5, 5.41) is 12.3. The molecule has 0 saturated carbocycles. The average Bonchev–Trinajstić information content (AvgIpc) is 2.47. The van der Waals surface area contributed by atoms with E-state index in [4.69, 9.17) is 9.84 Å². The number of halogens is 1. The second-order valence-corrected chi connectivity index (χ2v) is 4.84. The van der Waals surface area contributed by atoms with Crippen molar-refractivity contribution >= 4 is 11.7 Å². The molecule has 0 amide bonds. The number of carboxylic acid groups (broad SMARTS) is 1. The molecule has 2 aromatic rings. The van der Waals surface area contributed by atoms with E-state index < -0.39 is 11.8 Å². The van der Waals surface area contributed by atoms with Crippen molar-refractivity contribution in [2.75, 3.05) is 11.9 Å². The smallest absolute Gasteiger partial charge is 0.340 e. The van der Waals surface area contributed by atoms with E-state index in [9.17, 15) is 9.18 Å². The van der Waals surface area contributed by atoms with Crippen LogP contribution in [0.1, 0.15) is 28.4 Å². The first-order chi connectivity index (χ1) is 10.2. The molecule has 21 heavy (non-hydrogen) atoms. The standard InChI is InChI=1S/C16H14FNO3/c17-11-5-3-6-13(15(11)16(19)20)18-12-8-9-21-14-7-2-1-4-10(12)14/h1-7,12,18H,8-9H2,(H,19,20). The molecule has 1 aliphatic rings. The van der Waals surface area contributed by atoms with Crippen LogP contribution in [-0.4, -0.2) is 17.7 Å². The van der Waals surface area contributed by atoms with Gasteiger partial charge in [0.05, 0.1) is 18.3 Å². The Morgan fingerprint density at radius 3 is 2.86 bits per heavy atom. The van der Waals surface area contributed by atoms with Gasteiger partial charge in [0.15, 0.2) is 0 Å². The Balaban J connectivity index is 1.96. The maximum atomic E-state index is 13.7. The zero-order valence-corrected chi connectivity index (χ0v) is 11.2. The Morgan fingerprint density at radius 2 is 2.05 bits per heavy atom. The lowest BCUT2D eigenvalue weighted by Crippen LogP contribution is -2.21. The van der Waals surface area contributed by atoms with Crippen LogP contribution in [0.25, 0.3) is 0 Å². The molecular formula is C16H14FNO3. The van der Waals surface area contributed by atoms with Gasteiger partial charge in [0.2, 0.25) is 0 Å². The molecule has 0 saturated heterocycles. The third-order valence-corrected chi connectivity index (χ3v) is 3.52. The molecule has 0 fully saturated rings. The van der Waals surface area contributed by atoms with Gasteiger partial charge in [0.25, 0.3) is 0 Å². The fourth-order valence-corrected chi connectivity index (χ4v) is 2.54. The number of rotatable bonds is 3. The summed E-state index contributed by atoms with van der Waals surface area (Å²) in [6.07, 6.45) is 0.687. The molecule has 5 heteroatoms. The van der Waals surface area contributed by atoms with E-state index >= 15 is 0 Å². The number of fused-ring (bicyclic) bond motifs is 1. The Kier molecular flexibility index (Phi) is 3.48. The minimum atomic E-state index is -1.28. The number of carboxylic acids is 1. The van der Waals surface area contributed by atoms with E-state index in [1.807, 2.05) is 24.3 Å². The van der Waals surface area contributed by atoms with E-state index in [0.717, 1.165) is 17.4 Å². The summed E-state index contributed by atoms with van der Waals surface area (Å²) >= 11 is 0. The molecule has 1 aliphatic heterocycles. The maximum absolute atomic E-state index is 13.7. The van der Waals surface area contributed by atoms with Crippen LogP contribution in [0.3, 0.4) is 0 Å². The number of hydrogen-bond acceptors (Lipinski definition) is 3. The van der Waals surface area contributed by atoms with Crippen molar-refractivity contribution in [1.82, 2.24) is 0 Å². The number of nitrogens with one attached hydrogen (secondary N) is 1. The minimum Gasteiger partial charge on any atom is -0.493 e. The zero-order valence-electron chi connectivity index (χ0n) is 11.2. The van der Waals surface area contributed by atoms with Crippen LogP contribution in [0.4, 0.5) is 10.1 Å². The summed E-state index contributed by atoms with van der Waals surface area (Å²) in [7, 11) is 0. The molecule has 1 heterocycles. The van der Waals surface area contributed by atoms with Crippen molar-refractivity contribution in [3.63, 3.8) is 0 Å². The quantitative estimate of drug-likeness (QED) is 0.907. The lowest BCUT2D eigenvalue weighted by Gasteiger charge is -2.28. The van der Waals surface area contributed by atoms with Gasteiger partial charge in [-0.1, -0.05) is 24.3 Å². The molecule has 0 spiro atoms. The first kappa shape index (κ1) is 13.4. The number of carbonyl (C=O) groups is 1. The minimum absolute atomic E-state index is 0.102. The first-order valence-corrected chi connectivity index (χ1v) is 6.67. The molecular weight excluding hydrogens is 273 g/mol. The monoisotopic (exact) mass is 287 g/mol. The summed E-state index contributed by atoms with van der Waals surface area (Å²) in [4.78, 5) is 11.2. The molecule has 0 aliphatic carbocycles. The number of ether oxygens (including phenoxy) is 1. The molecule has 1 atom stereocenters. The Hall–Kier alpha value is -2.56. The van der Waals surface area contributed by atoms with Crippen LogP contribution in [-0.2, 0) is 0 Å². The predicted octanol–water partition coefficient (Wildman–Crippen LogP) is 3.46. The topological polar surface area (TPSA) is 58.6 Å². The second kappa shape index (κ2) is 5.44. The lowest BCUT2D eigenvalue weighted by atomic mass is 9.99. The van der Waals surface area contributed by atoms with E-state index in [0.29, 0.717) is 13.0 Å². The number of aromatic carboxylic acids is 1. The summed E-state index contributed by atoms with van der Waals surface area (Å²) in [6.45, 7) is 0.534. The van der Waals surface area contributed by atoms with Gasteiger partial charge in [-0.2, -0.15) is 0 Å². The molecule has 4 nitrogen and oxygen atoms in total. The molecule has 1 unspecified atom stereocenters. The molecule has 2 aromatic carbocycles. The van der Waals surface area contributed by atoms with E-state index in [1.54, 1.807) is 6.07 Å². The van der Waals surface area contributed by atoms with Crippen LogP contribution < -0.4 is 10.1 Å². The Bertz CT molecular complexity index is 687. The fraction of sp³-hybridized carbons (Fsp3) is 0.188. The number of para-hydroxylation sites is 1. The SMILES string of the molecule is O=C(O)c1c(F)cccc1NC1CCOc2ccccc21. The van der Waals surface area contributed by atoms with Gasteiger partial charge < -0.3 is 15.2 Å². The highest BCUT2D eigenvalue weighted by Gasteiger charge is 2.23. The third-order valence-electron chi connectivity index (χ3n) is 3.52. The Morgan fingerprint density at radius 1 is 1.24 bits per heavy atom. The van der Waals surface area contributed by atoms with Crippen molar-refractivity contribution in [3.05, 3.63) is 59.4 Å². The average molecular weight is 287 g/mol.